The van der Waals surface area contributed by atoms with Gasteiger partial charge in [0, 0.05) is 16.6 Å². The highest BCUT2D eigenvalue weighted by molar-refractivity contribution is 7.14. The van der Waals surface area contributed by atoms with Gasteiger partial charge in [-0.25, -0.2) is 4.98 Å². The van der Waals surface area contributed by atoms with Gasteiger partial charge in [0.15, 0.2) is 16.6 Å². The highest BCUT2D eigenvalue weighted by Gasteiger charge is 2.17. The van der Waals surface area contributed by atoms with E-state index in [1.807, 2.05) is 6.07 Å². The lowest BCUT2D eigenvalue weighted by Crippen LogP contribution is -2.15. The summed E-state index contributed by atoms with van der Waals surface area (Å²) in [6.07, 6.45) is 0.0659. The Morgan fingerprint density at radius 3 is 2.69 bits per heavy atom. The zero-order chi connectivity index (χ0) is 20.2. The average Bonchev–Trinajstić information content (AvgIpc) is 3.37. The molecule has 1 aliphatic rings. The maximum absolute atomic E-state index is 12.4. The van der Waals surface area contributed by atoms with Crippen LogP contribution in [0.3, 0.4) is 0 Å². The molecule has 0 spiro atoms. The maximum Gasteiger partial charge on any atom is 0.257 e. The number of fused-ring (bicyclic) bond motifs is 1. The van der Waals surface area contributed by atoms with Crippen LogP contribution in [0.4, 0.5) is 10.8 Å². The summed E-state index contributed by atoms with van der Waals surface area (Å²) in [4.78, 5) is 28.9. The highest BCUT2D eigenvalue weighted by atomic mass is 32.1. The number of carbonyl (C=O) groups is 2. The Balaban J connectivity index is 1.34. The molecule has 29 heavy (non-hydrogen) atoms. The lowest BCUT2D eigenvalue weighted by Gasteiger charge is -2.04. The maximum atomic E-state index is 12.4. The van der Waals surface area contributed by atoms with E-state index < -0.39 is 0 Å². The number of carbonyl (C=O) groups excluding carboxylic acids is 2. The molecule has 144 valence electrons. The molecular formula is C20H14N4O4S. The van der Waals surface area contributed by atoms with Crippen LogP contribution in [0, 0.1) is 11.3 Å². The number of anilines is 2. The third-order valence-corrected chi connectivity index (χ3v) is 4.85. The molecule has 0 radical (unpaired) electrons. The number of amides is 2. The molecule has 0 atom stereocenters. The SMILES string of the molecule is N#Cc1ccc(NC(=O)Cc2csc(NC(=O)c3ccc4c(c3)OCO4)n2)cc1. The predicted octanol–water partition coefficient (Wildman–Crippen LogP) is 3.18. The molecular weight excluding hydrogens is 392 g/mol. The standard InChI is InChI=1S/C20H14N4O4S/c21-9-12-1-4-14(5-2-12)22-18(25)8-15-10-29-20(23-15)24-19(26)13-3-6-16-17(7-13)28-11-27-16/h1-7,10H,8,11H2,(H,22,25)(H,23,24,26). The van der Waals surface area contributed by atoms with Crippen molar-refractivity contribution in [2.24, 2.45) is 0 Å². The van der Waals surface area contributed by atoms with Crippen molar-refractivity contribution < 1.29 is 19.1 Å². The first-order valence-corrected chi connectivity index (χ1v) is 9.44. The first kappa shape index (κ1) is 18.5. The summed E-state index contributed by atoms with van der Waals surface area (Å²) in [7, 11) is 0. The number of nitrogens with zero attached hydrogens (tertiary/aromatic N) is 2. The summed E-state index contributed by atoms with van der Waals surface area (Å²) in [5.41, 5.74) is 2.08. The van der Waals surface area contributed by atoms with Crippen LogP contribution >= 0.6 is 11.3 Å². The number of thiazole rings is 1. The molecule has 0 saturated heterocycles. The summed E-state index contributed by atoms with van der Waals surface area (Å²) in [5, 5.41) is 16.4. The summed E-state index contributed by atoms with van der Waals surface area (Å²) in [5.74, 6) is 0.559. The van der Waals surface area contributed by atoms with Crippen molar-refractivity contribution in [3.63, 3.8) is 0 Å². The van der Waals surface area contributed by atoms with Crippen molar-refractivity contribution in [2.45, 2.75) is 6.42 Å². The number of benzene rings is 2. The largest absolute Gasteiger partial charge is 0.454 e. The molecule has 0 fully saturated rings. The summed E-state index contributed by atoms with van der Waals surface area (Å²) in [6, 6.07) is 13.5. The minimum Gasteiger partial charge on any atom is -0.454 e. The van der Waals surface area contributed by atoms with Gasteiger partial charge in [0.05, 0.1) is 23.7 Å². The normalized spacial score (nSPS) is 11.6. The number of hydrogen-bond donors (Lipinski definition) is 2. The van der Waals surface area contributed by atoms with Gasteiger partial charge in [0.25, 0.3) is 5.91 Å². The second-order valence-corrected chi connectivity index (χ2v) is 6.94. The molecule has 0 bridgehead atoms. The summed E-state index contributed by atoms with van der Waals surface area (Å²) < 4.78 is 10.5. The van der Waals surface area contributed by atoms with Gasteiger partial charge in [0.1, 0.15) is 0 Å². The van der Waals surface area contributed by atoms with Crippen LogP contribution in [0.5, 0.6) is 11.5 Å². The number of hydrogen-bond acceptors (Lipinski definition) is 7. The molecule has 0 aliphatic carbocycles. The Labute approximate surface area is 169 Å². The van der Waals surface area contributed by atoms with E-state index in [4.69, 9.17) is 14.7 Å². The molecule has 9 heteroatoms. The third kappa shape index (κ3) is 4.34. The molecule has 4 rings (SSSR count). The van der Waals surface area contributed by atoms with Gasteiger partial charge >= 0.3 is 0 Å². The fourth-order valence-corrected chi connectivity index (χ4v) is 3.36. The van der Waals surface area contributed by atoms with Crippen molar-refractivity contribution in [2.75, 3.05) is 17.4 Å². The number of aromatic nitrogens is 1. The van der Waals surface area contributed by atoms with Gasteiger partial charge in [0.2, 0.25) is 12.7 Å². The molecule has 8 nitrogen and oxygen atoms in total. The predicted molar refractivity (Wildman–Crippen MR) is 106 cm³/mol. The van der Waals surface area contributed by atoms with Gasteiger partial charge in [-0.15, -0.1) is 11.3 Å². The quantitative estimate of drug-likeness (QED) is 0.673. The average molecular weight is 406 g/mol. The second kappa shape index (κ2) is 8.00. The van der Waals surface area contributed by atoms with Gasteiger partial charge < -0.3 is 14.8 Å². The monoisotopic (exact) mass is 406 g/mol. The molecule has 0 saturated carbocycles. The Morgan fingerprint density at radius 2 is 1.90 bits per heavy atom. The van der Waals surface area contributed by atoms with Crippen LogP contribution in [0.25, 0.3) is 0 Å². The number of rotatable bonds is 5. The molecule has 1 aliphatic heterocycles. The van der Waals surface area contributed by atoms with Crippen molar-refractivity contribution in [1.82, 2.24) is 4.98 Å². The van der Waals surface area contributed by atoms with Crippen LogP contribution in [-0.4, -0.2) is 23.6 Å². The molecule has 2 heterocycles. The minimum absolute atomic E-state index is 0.0659. The van der Waals surface area contributed by atoms with Gasteiger partial charge in [-0.2, -0.15) is 5.26 Å². The van der Waals surface area contributed by atoms with Crippen LogP contribution in [0.1, 0.15) is 21.6 Å². The number of nitrogens with one attached hydrogen (secondary N) is 2. The Hall–Kier alpha value is -3.90. The summed E-state index contributed by atoms with van der Waals surface area (Å²) >= 11 is 1.24. The lowest BCUT2D eigenvalue weighted by molar-refractivity contribution is -0.115. The zero-order valence-electron chi connectivity index (χ0n) is 15.0. The molecule has 3 aromatic rings. The molecule has 0 unspecified atom stereocenters. The van der Waals surface area contributed by atoms with Crippen LogP contribution in [-0.2, 0) is 11.2 Å². The van der Waals surface area contributed by atoms with Crippen molar-refractivity contribution in [1.29, 1.82) is 5.26 Å². The van der Waals surface area contributed by atoms with Gasteiger partial charge in [-0.1, -0.05) is 0 Å². The van der Waals surface area contributed by atoms with E-state index in [0.29, 0.717) is 39.1 Å². The Bertz CT molecular complexity index is 1120. The topological polar surface area (TPSA) is 113 Å². The fraction of sp³-hybridized carbons (Fsp3) is 0.100. The van der Waals surface area contributed by atoms with E-state index in [1.54, 1.807) is 47.8 Å². The number of ether oxygens (including phenoxy) is 2. The summed E-state index contributed by atoms with van der Waals surface area (Å²) in [6.45, 7) is 0.140. The Morgan fingerprint density at radius 1 is 1.10 bits per heavy atom. The smallest absolute Gasteiger partial charge is 0.257 e. The Kier molecular flexibility index (Phi) is 5.09. The molecule has 1 aromatic heterocycles. The van der Waals surface area contributed by atoms with Gasteiger partial charge in [-0.05, 0) is 42.5 Å². The van der Waals surface area contributed by atoms with E-state index in [9.17, 15) is 9.59 Å². The zero-order valence-corrected chi connectivity index (χ0v) is 15.8. The van der Waals surface area contributed by atoms with E-state index in [0.717, 1.165) is 0 Å². The minimum atomic E-state index is -0.328. The van der Waals surface area contributed by atoms with E-state index in [-0.39, 0.29) is 25.0 Å². The van der Waals surface area contributed by atoms with Crippen molar-refractivity contribution in [3.8, 4) is 17.6 Å². The lowest BCUT2D eigenvalue weighted by atomic mass is 10.2. The van der Waals surface area contributed by atoms with E-state index in [1.165, 1.54) is 11.3 Å². The van der Waals surface area contributed by atoms with E-state index >= 15 is 0 Å². The third-order valence-electron chi connectivity index (χ3n) is 4.05. The van der Waals surface area contributed by atoms with Crippen LogP contribution < -0.4 is 20.1 Å². The molecule has 2 N–H and O–H groups in total. The van der Waals surface area contributed by atoms with Crippen molar-refractivity contribution in [3.05, 3.63) is 64.7 Å². The number of nitriles is 1. The van der Waals surface area contributed by atoms with E-state index in [2.05, 4.69) is 15.6 Å². The van der Waals surface area contributed by atoms with Crippen molar-refractivity contribution >= 4 is 34.0 Å². The molecule has 2 amide bonds. The highest BCUT2D eigenvalue weighted by Crippen LogP contribution is 2.32. The first-order valence-electron chi connectivity index (χ1n) is 8.56. The first-order chi connectivity index (χ1) is 14.1. The van der Waals surface area contributed by atoms with Gasteiger partial charge in [-0.3, -0.25) is 14.9 Å². The molecule has 2 aromatic carbocycles. The fourth-order valence-electron chi connectivity index (χ4n) is 2.65. The van der Waals surface area contributed by atoms with Crippen LogP contribution in [0.2, 0.25) is 0 Å². The van der Waals surface area contributed by atoms with Crippen LogP contribution in [0.15, 0.2) is 47.8 Å². The second-order valence-electron chi connectivity index (χ2n) is 6.08.